The van der Waals surface area contributed by atoms with Crippen LogP contribution >= 0.6 is 10.9 Å². The second-order valence-electron chi connectivity index (χ2n) is 6.08. The van der Waals surface area contributed by atoms with Crippen molar-refractivity contribution in [1.29, 1.82) is 0 Å². The van der Waals surface area contributed by atoms with E-state index in [1.54, 1.807) is 12.1 Å². The van der Waals surface area contributed by atoms with Gasteiger partial charge in [0.2, 0.25) is 0 Å². The second-order valence-corrected chi connectivity index (χ2v) is 8.53. The van der Waals surface area contributed by atoms with Crippen molar-refractivity contribution in [3.63, 3.8) is 0 Å². The normalized spacial score (nSPS) is 15.6. The molecule has 0 bridgehead atoms. The molecule has 0 amide bonds. The minimum absolute atomic E-state index is 0.0571. The van der Waals surface area contributed by atoms with Crippen molar-refractivity contribution < 1.29 is 9.53 Å². The lowest BCUT2D eigenvalue weighted by atomic mass is 10.1. The van der Waals surface area contributed by atoms with Crippen LogP contribution in [0.4, 0.5) is 0 Å². The fourth-order valence-electron chi connectivity index (χ4n) is 3.31. The number of rotatable bonds is 3. The Morgan fingerprint density at radius 2 is 1.46 bits per heavy atom. The molecular weight excluding hydrogens is 316 g/mol. The molecule has 0 saturated carbocycles. The summed E-state index contributed by atoms with van der Waals surface area (Å²) in [6.07, 6.45) is 2.68. The summed E-state index contributed by atoms with van der Waals surface area (Å²) in [5, 5.41) is 2.28. The summed E-state index contributed by atoms with van der Waals surface area (Å²) in [5.41, 5.74) is 0.575. The molecule has 24 heavy (non-hydrogen) atoms. The van der Waals surface area contributed by atoms with Gasteiger partial charge in [0.25, 0.3) is 0 Å². The summed E-state index contributed by atoms with van der Waals surface area (Å²) < 4.78 is 5.70. The lowest BCUT2D eigenvalue weighted by Gasteiger charge is -2.18. The average Bonchev–Trinajstić information content (AvgIpc) is 3.17. The summed E-state index contributed by atoms with van der Waals surface area (Å²) in [6, 6.07) is 21.6. The molecule has 0 spiro atoms. The van der Waals surface area contributed by atoms with Crippen LogP contribution < -0.4 is 4.74 Å². The van der Waals surface area contributed by atoms with Crippen LogP contribution in [0, 0.1) is 0 Å². The number of hydrogen-bond donors (Lipinski definition) is 1. The van der Waals surface area contributed by atoms with E-state index in [1.165, 1.54) is 34.6 Å². The molecule has 0 atom stereocenters. The Bertz CT molecular complexity index is 867. The van der Waals surface area contributed by atoms with E-state index < -0.39 is 0 Å². The van der Waals surface area contributed by atoms with Crippen LogP contribution in [0.5, 0.6) is 5.75 Å². The SMILES string of the molecule is O=C(Oc1ccc([SH]2CCCC2)c2ccccc12)c1ccccc1. The highest BCUT2D eigenvalue weighted by Gasteiger charge is 2.18. The van der Waals surface area contributed by atoms with Crippen LogP contribution in [0.1, 0.15) is 23.2 Å². The maximum absolute atomic E-state index is 12.4. The van der Waals surface area contributed by atoms with Crippen molar-refractivity contribution >= 4 is 27.6 Å². The van der Waals surface area contributed by atoms with Gasteiger partial charge in [-0.15, -0.1) is 0 Å². The number of hydrogen-bond acceptors (Lipinski definition) is 2. The first kappa shape index (κ1) is 15.3. The molecule has 0 N–H and O–H groups in total. The molecule has 4 rings (SSSR count). The minimum Gasteiger partial charge on any atom is -0.422 e. The molecular formula is C21H20O2S. The number of thiol groups is 1. The van der Waals surface area contributed by atoms with Crippen LogP contribution in [-0.4, -0.2) is 17.5 Å². The van der Waals surface area contributed by atoms with Gasteiger partial charge in [0.1, 0.15) is 5.75 Å². The van der Waals surface area contributed by atoms with Gasteiger partial charge in [0.15, 0.2) is 0 Å². The lowest BCUT2D eigenvalue weighted by Crippen LogP contribution is -2.08. The van der Waals surface area contributed by atoms with Crippen LogP contribution in [-0.2, 0) is 0 Å². The number of carbonyl (C=O) groups is 1. The lowest BCUT2D eigenvalue weighted by molar-refractivity contribution is 0.0737. The predicted octanol–water partition coefficient (Wildman–Crippen LogP) is 5.21. The van der Waals surface area contributed by atoms with E-state index in [9.17, 15) is 4.79 Å². The smallest absolute Gasteiger partial charge is 0.343 e. The summed E-state index contributed by atoms with van der Waals surface area (Å²) in [5.74, 6) is 2.99. The van der Waals surface area contributed by atoms with Crippen molar-refractivity contribution in [3.05, 3.63) is 72.3 Å². The van der Waals surface area contributed by atoms with Gasteiger partial charge in [-0.25, -0.2) is 15.7 Å². The van der Waals surface area contributed by atoms with Crippen LogP contribution in [0.15, 0.2) is 71.6 Å². The van der Waals surface area contributed by atoms with Crippen molar-refractivity contribution in [2.45, 2.75) is 17.7 Å². The highest BCUT2D eigenvalue weighted by molar-refractivity contribution is 8.17. The zero-order valence-corrected chi connectivity index (χ0v) is 14.3. The first-order valence-electron chi connectivity index (χ1n) is 8.37. The maximum atomic E-state index is 12.4. The third-order valence-corrected chi connectivity index (χ3v) is 7.30. The molecule has 3 aromatic rings. The highest BCUT2D eigenvalue weighted by Crippen LogP contribution is 2.47. The number of esters is 1. The van der Waals surface area contributed by atoms with Gasteiger partial charge in [-0.3, -0.25) is 0 Å². The number of ether oxygens (including phenoxy) is 1. The van der Waals surface area contributed by atoms with E-state index in [-0.39, 0.29) is 16.9 Å². The van der Waals surface area contributed by atoms with Gasteiger partial charge in [0.05, 0.1) is 5.56 Å². The zero-order valence-electron chi connectivity index (χ0n) is 13.4. The monoisotopic (exact) mass is 336 g/mol. The largest absolute Gasteiger partial charge is 0.422 e. The first-order chi connectivity index (χ1) is 11.8. The van der Waals surface area contributed by atoms with Crippen molar-refractivity contribution in [2.24, 2.45) is 0 Å². The van der Waals surface area contributed by atoms with E-state index in [0.717, 1.165) is 5.39 Å². The molecule has 1 heterocycles. The van der Waals surface area contributed by atoms with Crippen LogP contribution in [0.2, 0.25) is 0 Å². The summed E-state index contributed by atoms with van der Waals surface area (Å²) in [6.45, 7) is 0. The first-order valence-corrected chi connectivity index (χ1v) is 10.1. The zero-order chi connectivity index (χ0) is 16.4. The molecule has 1 aliphatic heterocycles. The molecule has 1 saturated heterocycles. The third-order valence-electron chi connectivity index (χ3n) is 4.52. The van der Waals surface area contributed by atoms with Gasteiger partial charge in [-0.1, -0.05) is 42.5 Å². The van der Waals surface area contributed by atoms with E-state index >= 15 is 0 Å². The predicted molar refractivity (Wildman–Crippen MR) is 102 cm³/mol. The van der Waals surface area contributed by atoms with Crippen molar-refractivity contribution in [3.8, 4) is 5.75 Å². The molecule has 0 unspecified atom stereocenters. The molecule has 0 aromatic heterocycles. The van der Waals surface area contributed by atoms with Crippen molar-refractivity contribution in [2.75, 3.05) is 11.5 Å². The Hall–Kier alpha value is -2.26. The van der Waals surface area contributed by atoms with Gasteiger partial charge < -0.3 is 4.74 Å². The number of fused-ring (bicyclic) bond motifs is 1. The Morgan fingerprint density at radius 1 is 0.792 bits per heavy atom. The quantitative estimate of drug-likeness (QED) is 0.403. The second kappa shape index (κ2) is 6.70. The Kier molecular flexibility index (Phi) is 4.26. The standard InChI is InChI=1S/C21H20O2S/c22-21(16-8-2-1-3-9-16)23-19-12-13-20(24-14-6-7-15-24)18-11-5-4-10-17(18)19/h1-5,8-13,24H,6-7,14-15H2. The number of benzene rings is 3. The van der Waals surface area contributed by atoms with Crippen molar-refractivity contribution in [1.82, 2.24) is 0 Å². The topological polar surface area (TPSA) is 26.3 Å². The average molecular weight is 336 g/mol. The maximum Gasteiger partial charge on any atom is 0.343 e. The molecule has 3 aromatic carbocycles. The minimum atomic E-state index is -0.305. The van der Waals surface area contributed by atoms with E-state index in [0.29, 0.717) is 11.3 Å². The molecule has 1 aliphatic rings. The Morgan fingerprint density at radius 3 is 2.21 bits per heavy atom. The Balaban J connectivity index is 1.72. The third kappa shape index (κ3) is 2.92. The molecule has 0 aliphatic carbocycles. The summed E-state index contributed by atoms with van der Waals surface area (Å²) in [7, 11) is -0.0571. The highest BCUT2D eigenvalue weighted by atomic mass is 32.2. The summed E-state index contributed by atoms with van der Waals surface area (Å²) in [4.78, 5) is 13.8. The molecule has 0 radical (unpaired) electrons. The van der Waals surface area contributed by atoms with Gasteiger partial charge in [-0.05, 0) is 58.9 Å². The summed E-state index contributed by atoms with van der Waals surface area (Å²) >= 11 is 0. The Labute approximate surface area is 144 Å². The van der Waals surface area contributed by atoms with E-state index in [4.69, 9.17) is 4.74 Å². The molecule has 1 fully saturated rings. The van der Waals surface area contributed by atoms with Gasteiger partial charge in [0, 0.05) is 5.39 Å². The van der Waals surface area contributed by atoms with Crippen LogP contribution in [0.3, 0.4) is 0 Å². The fraction of sp³-hybridized carbons (Fsp3) is 0.190. The van der Waals surface area contributed by atoms with E-state index in [2.05, 4.69) is 24.3 Å². The van der Waals surface area contributed by atoms with Crippen LogP contribution in [0.25, 0.3) is 10.8 Å². The van der Waals surface area contributed by atoms with E-state index in [1.807, 2.05) is 30.3 Å². The fourth-order valence-corrected chi connectivity index (χ4v) is 6.05. The molecule has 122 valence electrons. The van der Waals surface area contributed by atoms with Gasteiger partial charge >= 0.3 is 5.97 Å². The number of carbonyl (C=O) groups excluding carboxylic acids is 1. The molecule has 3 heteroatoms. The molecule has 2 nitrogen and oxygen atoms in total. The van der Waals surface area contributed by atoms with Gasteiger partial charge in [-0.2, -0.15) is 0 Å².